The van der Waals surface area contributed by atoms with E-state index in [9.17, 15) is 0 Å². The van der Waals surface area contributed by atoms with Crippen LogP contribution in [0, 0.1) is 0 Å². The lowest BCUT2D eigenvalue weighted by Gasteiger charge is -2.10. The molecule has 0 saturated heterocycles. The molecule has 0 spiro atoms. The number of hydrogen-bond acceptors (Lipinski definition) is 3. The first-order valence-corrected chi connectivity index (χ1v) is 6.30. The molecule has 0 saturated carbocycles. The normalized spacial score (nSPS) is 10.8. The molecule has 3 heteroatoms. The van der Waals surface area contributed by atoms with Crippen molar-refractivity contribution in [1.82, 2.24) is 10.6 Å². The maximum absolute atomic E-state index is 5.30. The van der Waals surface area contributed by atoms with Gasteiger partial charge in [0.1, 0.15) is 5.75 Å². The molecule has 0 aliphatic carbocycles. The maximum Gasteiger partial charge on any atom is 0.123 e. The van der Waals surface area contributed by atoms with Gasteiger partial charge in [-0.3, -0.25) is 0 Å². The predicted molar refractivity (Wildman–Crippen MR) is 72.5 cm³/mol. The minimum atomic E-state index is 0.573. The number of benzene rings is 1. The molecular weight excluding hydrogens is 212 g/mol. The third kappa shape index (κ3) is 5.71. The van der Waals surface area contributed by atoms with E-state index in [-0.39, 0.29) is 0 Å². The molecule has 0 fully saturated rings. The predicted octanol–water partition coefficient (Wildman–Crippen LogP) is 2.17. The molecule has 0 radical (unpaired) electrons. The molecule has 3 nitrogen and oxygen atoms in total. The molecule has 96 valence electrons. The third-order valence-corrected chi connectivity index (χ3v) is 2.59. The van der Waals surface area contributed by atoms with Gasteiger partial charge in [-0.2, -0.15) is 0 Å². The Morgan fingerprint density at radius 1 is 1.18 bits per heavy atom. The van der Waals surface area contributed by atoms with Gasteiger partial charge in [-0.1, -0.05) is 32.0 Å². The van der Waals surface area contributed by atoms with E-state index in [2.05, 4.69) is 30.5 Å². The zero-order chi connectivity index (χ0) is 12.5. The second-order valence-corrected chi connectivity index (χ2v) is 4.45. The lowest BCUT2D eigenvalue weighted by Crippen LogP contribution is -2.26. The van der Waals surface area contributed by atoms with E-state index in [0.29, 0.717) is 6.04 Å². The summed E-state index contributed by atoms with van der Waals surface area (Å²) >= 11 is 0. The van der Waals surface area contributed by atoms with Crippen LogP contribution in [0.1, 0.15) is 25.8 Å². The van der Waals surface area contributed by atoms with Gasteiger partial charge in [-0.15, -0.1) is 0 Å². The summed E-state index contributed by atoms with van der Waals surface area (Å²) in [4.78, 5) is 0. The highest BCUT2D eigenvalue weighted by atomic mass is 16.5. The Morgan fingerprint density at radius 3 is 2.65 bits per heavy atom. The number of hydrogen-bond donors (Lipinski definition) is 2. The van der Waals surface area contributed by atoms with Crippen LogP contribution in [0.2, 0.25) is 0 Å². The van der Waals surface area contributed by atoms with Crippen molar-refractivity contribution in [3.63, 3.8) is 0 Å². The zero-order valence-corrected chi connectivity index (χ0v) is 11.1. The Labute approximate surface area is 105 Å². The topological polar surface area (TPSA) is 33.3 Å². The molecule has 0 bridgehead atoms. The Bertz CT molecular complexity index is 313. The largest absolute Gasteiger partial charge is 0.496 e. The van der Waals surface area contributed by atoms with E-state index in [0.717, 1.165) is 31.8 Å². The van der Waals surface area contributed by atoms with E-state index in [4.69, 9.17) is 4.74 Å². The van der Waals surface area contributed by atoms with Gasteiger partial charge in [0.15, 0.2) is 0 Å². The van der Waals surface area contributed by atoms with E-state index in [1.54, 1.807) is 7.11 Å². The molecule has 0 aliphatic heterocycles. The Hall–Kier alpha value is -1.06. The number of para-hydroxylation sites is 1. The third-order valence-electron chi connectivity index (χ3n) is 2.59. The average molecular weight is 236 g/mol. The molecule has 1 rings (SSSR count). The van der Waals surface area contributed by atoms with Crippen molar-refractivity contribution in [1.29, 1.82) is 0 Å². The molecule has 1 aromatic rings. The van der Waals surface area contributed by atoms with Gasteiger partial charge >= 0.3 is 0 Å². The molecule has 17 heavy (non-hydrogen) atoms. The fourth-order valence-corrected chi connectivity index (χ4v) is 1.68. The van der Waals surface area contributed by atoms with E-state index >= 15 is 0 Å². The summed E-state index contributed by atoms with van der Waals surface area (Å²) in [6, 6.07) is 8.70. The van der Waals surface area contributed by atoms with Crippen molar-refractivity contribution in [2.75, 3.05) is 20.2 Å². The summed E-state index contributed by atoms with van der Waals surface area (Å²) in [5.41, 5.74) is 1.21. The summed E-state index contributed by atoms with van der Waals surface area (Å²) in [7, 11) is 1.71. The van der Waals surface area contributed by atoms with Gasteiger partial charge in [0, 0.05) is 18.2 Å². The van der Waals surface area contributed by atoms with Gasteiger partial charge in [0.05, 0.1) is 7.11 Å². The molecule has 1 aromatic carbocycles. The first kappa shape index (κ1) is 14.0. The molecule has 0 aromatic heterocycles. The van der Waals surface area contributed by atoms with Gasteiger partial charge in [-0.05, 0) is 25.6 Å². The molecule has 0 heterocycles. The number of rotatable bonds is 8. The van der Waals surface area contributed by atoms with Gasteiger partial charge < -0.3 is 15.4 Å². The number of methoxy groups -OCH3 is 1. The summed E-state index contributed by atoms with van der Waals surface area (Å²) < 4.78 is 5.30. The van der Waals surface area contributed by atoms with Crippen molar-refractivity contribution < 1.29 is 4.74 Å². The first-order chi connectivity index (χ1) is 8.24. The lowest BCUT2D eigenvalue weighted by molar-refractivity contribution is 0.407. The van der Waals surface area contributed by atoms with Crippen molar-refractivity contribution >= 4 is 0 Å². The Balaban J connectivity index is 2.17. The van der Waals surface area contributed by atoms with Crippen LogP contribution in [0.25, 0.3) is 0 Å². The molecule has 2 N–H and O–H groups in total. The highest BCUT2D eigenvalue weighted by Gasteiger charge is 2.00. The van der Waals surface area contributed by atoms with Crippen molar-refractivity contribution in [2.45, 2.75) is 32.9 Å². The molecular formula is C14H24N2O. The second kappa shape index (κ2) is 8.09. The van der Waals surface area contributed by atoms with Crippen LogP contribution >= 0.6 is 0 Å². The average Bonchev–Trinajstić information content (AvgIpc) is 2.33. The smallest absolute Gasteiger partial charge is 0.123 e. The fraction of sp³-hybridized carbons (Fsp3) is 0.571. The second-order valence-electron chi connectivity index (χ2n) is 4.45. The number of nitrogens with one attached hydrogen (secondary N) is 2. The first-order valence-electron chi connectivity index (χ1n) is 6.30. The summed E-state index contributed by atoms with van der Waals surface area (Å²) in [6.07, 6.45) is 1.15. The van der Waals surface area contributed by atoms with E-state index < -0.39 is 0 Å². The van der Waals surface area contributed by atoms with Crippen LogP contribution in [0.4, 0.5) is 0 Å². The maximum atomic E-state index is 5.30. The highest BCUT2D eigenvalue weighted by molar-refractivity contribution is 5.32. The van der Waals surface area contributed by atoms with Crippen molar-refractivity contribution in [3.8, 4) is 5.75 Å². The van der Waals surface area contributed by atoms with Gasteiger partial charge in [0.25, 0.3) is 0 Å². The molecule has 0 unspecified atom stereocenters. The summed E-state index contributed by atoms with van der Waals surface area (Å²) in [5, 5.41) is 6.83. The Kier molecular flexibility index (Phi) is 6.67. The van der Waals surface area contributed by atoms with Crippen LogP contribution in [0.15, 0.2) is 24.3 Å². The Morgan fingerprint density at radius 2 is 1.94 bits per heavy atom. The lowest BCUT2D eigenvalue weighted by atomic mass is 10.2. The van der Waals surface area contributed by atoms with Crippen molar-refractivity contribution in [3.05, 3.63) is 29.8 Å². The molecule has 0 aliphatic rings. The summed E-state index contributed by atoms with van der Waals surface area (Å²) in [6.45, 7) is 7.30. The van der Waals surface area contributed by atoms with Crippen LogP contribution in [-0.2, 0) is 6.54 Å². The van der Waals surface area contributed by atoms with E-state index in [1.165, 1.54) is 5.56 Å². The monoisotopic (exact) mass is 236 g/mol. The van der Waals surface area contributed by atoms with Crippen LogP contribution in [0.3, 0.4) is 0 Å². The van der Waals surface area contributed by atoms with Crippen LogP contribution in [0.5, 0.6) is 5.75 Å². The van der Waals surface area contributed by atoms with E-state index in [1.807, 2.05) is 18.2 Å². The quantitative estimate of drug-likeness (QED) is 0.679. The van der Waals surface area contributed by atoms with Crippen LogP contribution in [-0.4, -0.2) is 26.2 Å². The van der Waals surface area contributed by atoms with Gasteiger partial charge in [0.2, 0.25) is 0 Å². The zero-order valence-electron chi connectivity index (χ0n) is 11.1. The summed E-state index contributed by atoms with van der Waals surface area (Å²) in [5.74, 6) is 0.959. The number of ether oxygens (including phenoxy) is 1. The highest BCUT2D eigenvalue weighted by Crippen LogP contribution is 2.16. The minimum Gasteiger partial charge on any atom is -0.496 e. The minimum absolute atomic E-state index is 0.573. The van der Waals surface area contributed by atoms with Gasteiger partial charge in [-0.25, -0.2) is 0 Å². The standard InChI is InChI=1S/C14H24N2O/c1-12(2)16-10-6-9-15-11-13-7-4-5-8-14(13)17-3/h4-5,7-8,12,15-16H,6,9-11H2,1-3H3. The molecule has 0 amide bonds. The molecule has 0 atom stereocenters. The van der Waals surface area contributed by atoms with Crippen molar-refractivity contribution in [2.24, 2.45) is 0 Å². The fourth-order valence-electron chi connectivity index (χ4n) is 1.68. The van der Waals surface area contributed by atoms with Crippen LogP contribution < -0.4 is 15.4 Å². The SMILES string of the molecule is COc1ccccc1CNCCCNC(C)C.